The number of carbonyl (C=O) groups excluding carboxylic acids is 2. The van der Waals surface area contributed by atoms with Gasteiger partial charge in [-0.2, -0.15) is 0 Å². The van der Waals surface area contributed by atoms with Crippen molar-refractivity contribution in [1.82, 2.24) is 25.5 Å². The van der Waals surface area contributed by atoms with Crippen molar-refractivity contribution in [1.29, 1.82) is 0 Å². The van der Waals surface area contributed by atoms with Crippen molar-refractivity contribution in [2.45, 2.75) is 24.9 Å². The van der Waals surface area contributed by atoms with E-state index in [1.807, 2.05) is 6.07 Å². The third-order valence-corrected chi connectivity index (χ3v) is 5.55. The summed E-state index contributed by atoms with van der Waals surface area (Å²) < 4.78 is 0. The molecule has 4 rings (SSSR count). The number of hydrogen-bond acceptors (Lipinski definition) is 5. The Morgan fingerprint density at radius 2 is 2.00 bits per heavy atom. The van der Waals surface area contributed by atoms with E-state index in [1.165, 1.54) is 4.90 Å². The lowest BCUT2D eigenvalue weighted by Crippen LogP contribution is -2.53. The zero-order valence-corrected chi connectivity index (χ0v) is 15.4. The number of imide groups is 1. The third-order valence-electron chi connectivity index (χ3n) is 5.33. The van der Waals surface area contributed by atoms with Crippen molar-refractivity contribution < 1.29 is 9.59 Å². The quantitative estimate of drug-likeness (QED) is 0.621. The number of pyridine rings is 2. The number of halogens is 1. The minimum Gasteiger partial charge on any atom is -0.319 e. The molecule has 0 radical (unpaired) electrons. The van der Waals surface area contributed by atoms with Crippen molar-refractivity contribution in [2.75, 3.05) is 13.1 Å². The van der Waals surface area contributed by atoms with Gasteiger partial charge in [-0.25, -0.2) is 9.78 Å². The predicted molar refractivity (Wildman–Crippen MR) is 99.8 cm³/mol. The lowest BCUT2D eigenvalue weighted by atomic mass is 9.74. The number of nitrogens with zero attached hydrogens (tertiary/aromatic N) is 3. The summed E-state index contributed by atoms with van der Waals surface area (Å²) >= 11 is 5.83. The van der Waals surface area contributed by atoms with Gasteiger partial charge in [0.05, 0.1) is 6.54 Å². The van der Waals surface area contributed by atoms with E-state index in [1.54, 1.807) is 36.8 Å². The van der Waals surface area contributed by atoms with Gasteiger partial charge in [0.15, 0.2) is 5.54 Å². The van der Waals surface area contributed by atoms with Gasteiger partial charge in [-0.05, 0) is 49.5 Å². The second kappa shape index (κ2) is 7.25. The number of hydrogen-bond donors (Lipinski definition) is 2. The van der Waals surface area contributed by atoms with Crippen molar-refractivity contribution in [3.05, 3.63) is 59.1 Å². The summed E-state index contributed by atoms with van der Waals surface area (Å²) in [5.74, 6) is -0.227. The molecule has 8 heteroatoms. The zero-order valence-electron chi connectivity index (χ0n) is 14.7. The van der Waals surface area contributed by atoms with E-state index in [2.05, 4.69) is 20.6 Å². The van der Waals surface area contributed by atoms with Crippen LogP contribution in [0.25, 0.3) is 0 Å². The Bertz CT molecular complexity index is 839. The molecule has 4 heterocycles. The molecule has 140 valence electrons. The minimum atomic E-state index is -1.08. The third kappa shape index (κ3) is 3.17. The van der Waals surface area contributed by atoms with Crippen LogP contribution in [0.4, 0.5) is 4.79 Å². The van der Waals surface area contributed by atoms with E-state index in [4.69, 9.17) is 11.6 Å². The molecule has 27 heavy (non-hydrogen) atoms. The highest BCUT2D eigenvalue weighted by atomic mass is 35.5. The fraction of sp³-hybridized carbons (Fsp3) is 0.368. The number of amides is 3. The number of urea groups is 1. The molecule has 0 saturated carbocycles. The van der Waals surface area contributed by atoms with Crippen LogP contribution >= 0.6 is 11.6 Å². The van der Waals surface area contributed by atoms with Gasteiger partial charge in [-0.1, -0.05) is 23.7 Å². The van der Waals surface area contributed by atoms with Crippen LogP contribution in [0, 0.1) is 5.92 Å². The smallest absolute Gasteiger partial charge is 0.319 e. The predicted octanol–water partition coefficient (Wildman–Crippen LogP) is 2.08. The number of aromatic nitrogens is 2. The normalized spacial score (nSPS) is 23.5. The second-order valence-corrected chi connectivity index (χ2v) is 7.27. The second-order valence-electron chi connectivity index (χ2n) is 6.88. The van der Waals surface area contributed by atoms with E-state index >= 15 is 0 Å². The van der Waals surface area contributed by atoms with E-state index in [0.29, 0.717) is 5.15 Å². The maximum atomic E-state index is 13.6. The van der Waals surface area contributed by atoms with Crippen LogP contribution in [0.2, 0.25) is 5.15 Å². The van der Waals surface area contributed by atoms with Gasteiger partial charge in [-0.15, -0.1) is 0 Å². The van der Waals surface area contributed by atoms with Gasteiger partial charge in [0.1, 0.15) is 5.15 Å². The SMILES string of the molecule is O=C1NC(c2cccnc2)(C2CCNCC2)C(=O)N1Cc1ccc(Cl)nc1. The molecule has 0 aliphatic carbocycles. The highest BCUT2D eigenvalue weighted by molar-refractivity contribution is 6.29. The summed E-state index contributed by atoms with van der Waals surface area (Å²) in [6.07, 6.45) is 6.53. The zero-order chi connectivity index (χ0) is 18.9. The average molecular weight is 386 g/mol. The highest BCUT2D eigenvalue weighted by Gasteiger charge is 2.56. The molecule has 2 aromatic heterocycles. The van der Waals surface area contributed by atoms with Crippen LogP contribution in [-0.4, -0.2) is 39.9 Å². The van der Waals surface area contributed by atoms with Gasteiger partial charge < -0.3 is 10.6 Å². The monoisotopic (exact) mass is 385 g/mol. The van der Waals surface area contributed by atoms with Crippen LogP contribution in [0.3, 0.4) is 0 Å². The van der Waals surface area contributed by atoms with E-state index in [-0.39, 0.29) is 18.4 Å². The lowest BCUT2D eigenvalue weighted by Gasteiger charge is -2.37. The van der Waals surface area contributed by atoms with E-state index < -0.39 is 11.6 Å². The molecule has 1 atom stereocenters. The van der Waals surface area contributed by atoms with Crippen LogP contribution in [0.5, 0.6) is 0 Å². The Labute approximate surface area is 162 Å². The molecule has 0 bridgehead atoms. The summed E-state index contributed by atoms with van der Waals surface area (Å²) in [5.41, 5.74) is 0.398. The largest absolute Gasteiger partial charge is 0.325 e. The Morgan fingerprint density at radius 1 is 1.19 bits per heavy atom. The molecule has 0 aromatic carbocycles. The molecule has 2 N–H and O–H groups in total. The first-order valence-corrected chi connectivity index (χ1v) is 9.35. The number of carbonyl (C=O) groups is 2. The lowest BCUT2D eigenvalue weighted by molar-refractivity contribution is -0.134. The molecule has 2 aliphatic rings. The molecular formula is C19H20ClN5O2. The van der Waals surface area contributed by atoms with Gasteiger partial charge in [-0.3, -0.25) is 14.7 Å². The maximum Gasteiger partial charge on any atom is 0.325 e. The maximum absolute atomic E-state index is 13.6. The van der Waals surface area contributed by atoms with Crippen LogP contribution in [0.1, 0.15) is 24.0 Å². The van der Waals surface area contributed by atoms with Gasteiger partial charge in [0.2, 0.25) is 0 Å². The first-order chi connectivity index (χ1) is 13.1. The molecule has 2 saturated heterocycles. The number of piperidine rings is 1. The molecule has 1 unspecified atom stereocenters. The summed E-state index contributed by atoms with van der Waals surface area (Å²) in [5, 5.41) is 6.69. The topological polar surface area (TPSA) is 87.2 Å². The molecule has 7 nitrogen and oxygen atoms in total. The van der Waals surface area contributed by atoms with E-state index in [0.717, 1.165) is 37.1 Å². The fourth-order valence-corrected chi connectivity index (χ4v) is 4.09. The molecular weight excluding hydrogens is 366 g/mol. The Kier molecular flexibility index (Phi) is 4.80. The summed E-state index contributed by atoms with van der Waals surface area (Å²) in [6, 6.07) is 6.68. The van der Waals surface area contributed by atoms with Crippen molar-refractivity contribution in [2.24, 2.45) is 5.92 Å². The minimum absolute atomic E-state index is 0.00717. The highest BCUT2D eigenvalue weighted by Crippen LogP contribution is 2.40. The van der Waals surface area contributed by atoms with E-state index in [9.17, 15) is 9.59 Å². The first kappa shape index (κ1) is 17.9. The molecule has 3 amide bonds. The average Bonchev–Trinajstić information content (AvgIpc) is 2.96. The van der Waals surface area contributed by atoms with Crippen molar-refractivity contribution >= 4 is 23.5 Å². The number of nitrogens with one attached hydrogen (secondary N) is 2. The molecule has 2 fully saturated rings. The van der Waals surface area contributed by atoms with Crippen molar-refractivity contribution in [3.8, 4) is 0 Å². The van der Waals surface area contributed by atoms with Gasteiger partial charge in [0.25, 0.3) is 5.91 Å². The molecule has 2 aliphatic heterocycles. The van der Waals surface area contributed by atoms with Crippen LogP contribution in [0.15, 0.2) is 42.9 Å². The summed E-state index contributed by atoms with van der Waals surface area (Å²) in [7, 11) is 0. The standard InChI is InChI=1S/C19H20ClN5O2/c20-16-4-3-13(10-23-16)12-25-17(26)19(24-18(25)27,14-5-8-21-9-6-14)15-2-1-7-22-11-15/h1-4,7,10-11,14,21H,5-6,8-9,12H2,(H,24,27). The Morgan fingerprint density at radius 3 is 2.67 bits per heavy atom. The van der Waals surface area contributed by atoms with Crippen LogP contribution < -0.4 is 10.6 Å². The number of rotatable bonds is 4. The van der Waals surface area contributed by atoms with Crippen molar-refractivity contribution in [3.63, 3.8) is 0 Å². The molecule has 2 aromatic rings. The first-order valence-electron chi connectivity index (χ1n) is 8.97. The fourth-order valence-electron chi connectivity index (χ4n) is 3.98. The summed E-state index contributed by atoms with van der Waals surface area (Å²) in [4.78, 5) is 35.8. The van der Waals surface area contributed by atoms with Gasteiger partial charge in [0, 0.05) is 24.2 Å². The Hall–Kier alpha value is -2.51. The van der Waals surface area contributed by atoms with Crippen LogP contribution in [-0.2, 0) is 16.9 Å². The molecule has 0 spiro atoms. The summed E-state index contributed by atoms with van der Waals surface area (Å²) in [6.45, 7) is 1.79. The van der Waals surface area contributed by atoms with Gasteiger partial charge >= 0.3 is 6.03 Å². The Balaban J connectivity index is 1.70.